The van der Waals surface area contributed by atoms with Gasteiger partial charge in [-0.3, -0.25) is 9.98 Å². The molecule has 0 atom stereocenters. The molecule has 2 aromatic rings. The summed E-state index contributed by atoms with van der Waals surface area (Å²) in [5.41, 5.74) is 4.01. The highest BCUT2D eigenvalue weighted by Crippen LogP contribution is 2.24. The van der Waals surface area contributed by atoms with Crippen LogP contribution in [0.5, 0.6) is 5.75 Å². The molecule has 0 radical (unpaired) electrons. The number of aryl methyl sites for hydroxylation is 1. The number of aromatic nitrogens is 2. The van der Waals surface area contributed by atoms with Gasteiger partial charge in [-0.15, -0.1) is 0 Å². The Hall–Kier alpha value is -2.57. The summed E-state index contributed by atoms with van der Waals surface area (Å²) in [6.45, 7) is 9.42. The van der Waals surface area contributed by atoms with Gasteiger partial charge in [-0.2, -0.15) is 0 Å². The number of rotatable bonds is 8. The van der Waals surface area contributed by atoms with Crippen molar-refractivity contribution in [3.63, 3.8) is 0 Å². The van der Waals surface area contributed by atoms with E-state index in [9.17, 15) is 0 Å². The van der Waals surface area contributed by atoms with E-state index < -0.39 is 0 Å². The largest absolute Gasteiger partial charge is 0.496 e. The first-order valence-corrected chi connectivity index (χ1v) is 9.42. The van der Waals surface area contributed by atoms with E-state index in [4.69, 9.17) is 9.26 Å². The summed E-state index contributed by atoms with van der Waals surface area (Å²) in [5.74, 6) is 2.80. The van der Waals surface area contributed by atoms with E-state index in [0.29, 0.717) is 25.0 Å². The van der Waals surface area contributed by atoms with Crippen LogP contribution in [0, 0.1) is 13.8 Å². The van der Waals surface area contributed by atoms with Gasteiger partial charge in [0.25, 0.3) is 0 Å². The summed E-state index contributed by atoms with van der Waals surface area (Å²) >= 11 is 0. The van der Waals surface area contributed by atoms with E-state index >= 15 is 0 Å². The summed E-state index contributed by atoms with van der Waals surface area (Å²) < 4.78 is 10.9. The Balaban J connectivity index is 1.94. The van der Waals surface area contributed by atoms with Crippen molar-refractivity contribution in [1.29, 1.82) is 0 Å². The maximum absolute atomic E-state index is 5.46. The molecule has 0 aromatic carbocycles. The number of nitrogens with zero attached hydrogens (tertiary/aromatic N) is 3. The smallest absolute Gasteiger partial charge is 0.191 e. The fraction of sp³-hybridized carbons (Fsp3) is 0.550. The molecule has 2 aromatic heterocycles. The number of hydrogen-bond donors (Lipinski definition) is 2. The first-order chi connectivity index (χ1) is 13.0. The molecule has 0 aliphatic rings. The summed E-state index contributed by atoms with van der Waals surface area (Å²) in [6.07, 6.45) is 3.95. The summed E-state index contributed by atoms with van der Waals surface area (Å²) in [7, 11) is 3.42. The molecule has 7 nitrogen and oxygen atoms in total. The number of methoxy groups -OCH3 is 1. The second-order valence-corrected chi connectivity index (χ2v) is 6.56. The molecule has 2 N–H and O–H groups in total. The second-order valence-electron chi connectivity index (χ2n) is 6.56. The van der Waals surface area contributed by atoms with E-state index in [1.807, 2.05) is 26.1 Å². The van der Waals surface area contributed by atoms with E-state index in [1.165, 1.54) is 0 Å². The molecule has 0 aliphatic carbocycles. The molecule has 0 amide bonds. The molecule has 0 unspecified atom stereocenters. The van der Waals surface area contributed by atoms with Crippen LogP contribution in [0.2, 0.25) is 0 Å². The number of guanidine groups is 1. The third-order valence-corrected chi connectivity index (χ3v) is 4.81. The van der Waals surface area contributed by atoms with Gasteiger partial charge in [-0.25, -0.2) is 0 Å². The van der Waals surface area contributed by atoms with Crippen LogP contribution in [0.25, 0.3) is 0 Å². The van der Waals surface area contributed by atoms with Gasteiger partial charge in [0.05, 0.1) is 31.6 Å². The topological polar surface area (TPSA) is 84.6 Å². The Morgan fingerprint density at radius 3 is 2.56 bits per heavy atom. The van der Waals surface area contributed by atoms with Gasteiger partial charge < -0.3 is 19.9 Å². The fourth-order valence-electron chi connectivity index (χ4n) is 3.12. The highest BCUT2D eigenvalue weighted by Gasteiger charge is 2.13. The summed E-state index contributed by atoms with van der Waals surface area (Å²) in [5, 5.41) is 10.7. The van der Waals surface area contributed by atoms with Crippen LogP contribution in [-0.4, -0.2) is 30.3 Å². The van der Waals surface area contributed by atoms with Crippen molar-refractivity contribution < 1.29 is 9.26 Å². The lowest BCUT2D eigenvalue weighted by Crippen LogP contribution is -2.36. The Kier molecular flexibility index (Phi) is 7.64. The minimum atomic E-state index is 0.450. The van der Waals surface area contributed by atoms with E-state index in [0.717, 1.165) is 46.9 Å². The standard InChI is InChI=1S/C20H31N5O2/c1-7-15(8-2)17-9-16(27-25-17)11-23-20(21-5)24-12-18-14(4)19(26-6)13(3)10-22-18/h9-10,15H,7-8,11-12H2,1-6H3,(H2,21,23,24). The van der Waals surface area contributed by atoms with Crippen molar-refractivity contribution >= 4 is 5.96 Å². The molecule has 0 fully saturated rings. The molecule has 0 bridgehead atoms. The number of pyridine rings is 1. The average Bonchev–Trinajstić information content (AvgIpc) is 3.13. The lowest BCUT2D eigenvalue weighted by atomic mass is 9.99. The monoisotopic (exact) mass is 373 g/mol. The molecule has 0 saturated heterocycles. The minimum Gasteiger partial charge on any atom is -0.496 e. The van der Waals surface area contributed by atoms with Crippen molar-refractivity contribution in [3.8, 4) is 5.75 Å². The van der Waals surface area contributed by atoms with Gasteiger partial charge in [-0.05, 0) is 26.7 Å². The van der Waals surface area contributed by atoms with Gasteiger partial charge >= 0.3 is 0 Å². The Morgan fingerprint density at radius 2 is 1.93 bits per heavy atom. The maximum atomic E-state index is 5.46. The Bertz CT molecular complexity index is 766. The third-order valence-electron chi connectivity index (χ3n) is 4.81. The zero-order valence-electron chi connectivity index (χ0n) is 17.2. The first-order valence-electron chi connectivity index (χ1n) is 9.42. The maximum Gasteiger partial charge on any atom is 0.191 e. The van der Waals surface area contributed by atoms with Crippen molar-refractivity contribution in [2.45, 2.75) is 59.5 Å². The Morgan fingerprint density at radius 1 is 1.22 bits per heavy atom. The highest BCUT2D eigenvalue weighted by atomic mass is 16.5. The lowest BCUT2D eigenvalue weighted by molar-refractivity contribution is 0.368. The predicted molar refractivity (Wildman–Crippen MR) is 107 cm³/mol. The van der Waals surface area contributed by atoms with Crippen molar-refractivity contribution in [2.75, 3.05) is 14.2 Å². The molecular formula is C20H31N5O2. The summed E-state index contributed by atoms with van der Waals surface area (Å²) in [6, 6.07) is 2.02. The molecule has 148 valence electrons. The Labute approximate surface area is 161 Å². The van der Waals surface area contributed by atoms with Crippen molar-refractivity contribution in [1.82, 2.24) is 20.8 Å². The molecule has 0 spiro atoms. The van der Waals surface area contributed by atoms with Crippen LogP contribution in [0.3, 0.4) is 0 Å². The van der Waals surface area contributed by atoms with Crippen LogP contribution in [-0.2, 0) is 13.1 Å². The van der Waals surface area contributed by atoms with Gasteiger partial charge in [0.2, 0.25) is 0 Å². The molecule has 27 heavy (non-hydrogen) atoms. The van der Waals surface area contributed by atoms with Crippen molar-refractivity contribution in [2.24, 2.45) is 4.99 Å². The second kappa shape index (κ2) is 9.94. The van der Waals surface area contributed by atoms with Crippen LogP contribution >= 0.6 is 0 Å². The minimum absolute atomic E-state index is 0.450. The third kappa shape index (κ3) is 5.21. The van der Waals surface area contributed by atoms with Crippen LogP contribution < -0.4 is 15.4 Å². The summed E-state index contributed by atoms with van der Waals surface area (Å²) in [4.78, 5) is 8.75. The van der Waals surface area contributed by atoms with Crippen LogP contribution in [0.15, 0.2) is 21.8 Å². The van der Waals surface area contributed by atoms with Gasteiger partial charge in [0.15, 0.2) is 11.7 Å². The number of ether oxygens (including phenoxy) is 1. The quantitative estimate of drug-likeness (QED) is 0.544. The molecule has 0 aliphatic heterocycles. The van der Waals surface area contributed by atoms with Crippen molar-refractivity contribution in [3.05, 3.63) is 40.5 Å². The number of hydrogen-bond acceptors (Lipinski definition) is 5. The van der Waals surface area contributed by atoms with Gasteiger partial charge in [0, 0.05) is 36.4 Å². The fourth-order valence-corrected chi connectivity index (χ4v) is 3.12. The van der Waals surface area contributed by atoms with E-state index in [2.05, 4.69) is 39.6 Å². The molecular weight excluding hydrogens is 342 g/mol. The van der Waals surface area contributed by atoms with Crippen LogP contribution in [0.1, 0.15) is 60.9 Å². The average molecular weight is 374 g/mol. The number of aliphatic imine (C=N–C) groups is 1. The van der Waals surface area contributed by atoms with E-state index in [-0.39, 0.29) is 0 Å². The van der Waals surface area contributed by atoms with E-state index in [1.54, 1.807) is 14.2 Å². The lowest BCUT2D eigenvalue weighted by Gasteiger charge is -2.14. The molecule has 2 heterocycles. The molecule has 7 heteroatoms. The normalized spacial score (nSPS) is 11.7. The first kappa shape index (κ1) is 20.7. The zero-order chi connectivity index (χ0) is 19.8. The van der Waals surface area contributed by atoms with Gasteiger partial charge in [-0.1, -0.05) is 19.0 Å². The highest BCUT2D eigenvalue weighted by molar-refractivity contribution is 5.79. The molecule has 0 saturated carbocycles. The van der Waals surface area contributed by atoms with Crippen LogP contribution in [0.4, 0.5) is 0 Å². The number of nitrogens with one attached hydrogen (secondary N) is 2. The van der Waals surface area contributed by atoms with Gasteiger partial charge in [0.1, 0.15) is 5.75 Å². The molecule has 2 rings (SSSR count). The SMILES string of the molecule is CCC(CC)c1cc(CNC(=NC)NCc2ncc(C)c(OC)c2C)on1. The predicted octanol–water partition coefficient (Wildman–Crippen LogP) is 3.46. The zero-order valence-corrected chi connectivity index (χ0v) is 17.2.